The number of nitrogens with zero attached hydrogens (tertiary/aromatic N) is 3. The Kier molecular flexibility index (Phi) is 4.44. The fourth-order valence-electron chi connectivity index (χ4n) is 2.79. The minimum absolute atomic E-state index is 0.111. The third-order valence-electron chi connectivity index (χ3n) is 4.00. The normalized spacial score (nSPS) is 20.9. The summed E-state index contributed by atoms with van der Waals surface area (Å²) in [7, 11) is 0. The monoisotopic (exact) mass is 313 g/mol. The minimum atomic E-state index is -0.227. The van der Waals surface area contributed by atoms with Crippen LogP contribution in [-0.2, 0) is 11.3 Å². The number of hydrogen-bond donors (Lipinski definition) is 2. The van der Waals surface area contributed by atoms with E-state index < -0.39 is 0 Å². The van der Waals surface area contributed by atoms with Crippen molar-refractivity contribution in [2.75, 3.05) is 6.61 Å². The highest BCUT2D eigenvalue weighted by atomic mass is 16.5. The van der Waals surface area contributed by atoms with Crippen molar-refractivity contribution in [1.29, 1.82) is 5.26 Å². The predicted molar refractivity (Wildman–Crippen MR) is 82.6 cm³/mol. The fourth-order valence-corrected chi connectivity index (χ4v) is 2.79. The molecular formula is C16H19N5O2. The van der Waals surface area contributed by atoms with Gasteiger partial charge in [0.2, 0.25) is 0 Å². The molecule has 1 aliphatic rings. The molecule has 1 amide bonds. The van der Waals surface area contributed by atoms with Gasteiger partial charge in [-0.2, -0.15) is 10.4 Å². The molecule has 0 unspecified atom stereocenters. The highest BCUT2D eigenvalue weighted by Gasteiger charge is 2.30. The van der Waals surface area contributed by atoms with Crippen LogP contribution in [0.15, 0.2) is 24.7 Å². The summed E-state index contributed by atoms with van der Waals surface area (Å²) in [4.78, 5) is 15.2. The molecule has 2 N–H and O–H groups in total. The Bertz CT molecular complexity index is 727. The molecular weight excluding hydrogens is 294 g/mol. The van der Waals surface area contributed by atoms with Crippen LogP contribution >= 0.6 is 0 Å². The number of ether oxygens (including phenoxy) is 1. The average molecular weight is 313 g/mol. The zero-order valence-corrected chi connectivity index (χ0v) is 13.0. The number of nitrogens with one attached hydrogen (secondary N) is 2. The number of H-pyrrole nitrogens is 1. The first-order valence-electron chi connectivity index (χ1n) is 7.74. The summed E-state index contributed by atoms with van der Waals surface area (Å²) in [5.74, 6) is -0.227. The number of amides is 1. The lowest BCUT2D eigenvalue weighted by atomic mass is 9.98. The Hall–Kier alpha value is -2.59. The van der Waals surface area contributed by atoms with Crippen LogP contribution in [0.4, 0.5) is 0 Å². The molecule has 120 valence electrons. The molecule has 1 fully saturated rings. The first-order chi connectivity index (χ1) is 11.2. The molecule has 0 aromatic carbocycles. The van der Waals surface area contributed by atoms with Crippen molar-refractivity contribution < 1.29 is 9.53 Å². The SMILES string of the molecule is CCn1cc([C@H]2OCCC[C@@H]2NC(=O)c2cc(C#N)c[nH]2)cn1. The van der Waals surface area contributed by atoms with E-state index in [2.05, 4.69) is 15.4 Å². The topological polar surface area (TPSA) is 95.7 Å². The number of rotatable bonds is 4. The van der Waals surface area contributed by atoms with Crippen LogP contribution in [-0.4, -0.2) is 33.3 Å². The number of aromatic nitrogens is 3. The van der Waals surface area contributed by atoms with Gasteiger partial charge in [-0.25, -0.2) is 0 Å². The smallest absolute Gasteiger partial charge is 0.268 e. The third kappa shape index (κ3) is 3.27. The minimum Gasteiger partial charge on any atom is -0.371 e. The molecule has 2 aromatic heterocycles. The van der Waals surface area contributed by atoms with E-state index in [1.54, 1.807) is 12.3 Å². The van der Waals surface area contributed by atoms with Crippen molar-refractivity contribution in [1.82, 2.24) is 20.1 Å². The molecule has 2 aromatic rings. The number of carbonyl (C=O) groups excluding carboxylic acids is 1. The average Bonchev–Trinajstić information content (AvgIpc) is 3.24. The van der Waals surface area contributed by atoms with Crippen molar-refractivity contribution in [2.24, 2.45) is 0 Å². The van der Waals surface area contributed by atoms with E-state index in [9.17, 15) is 4.79 Å². The Labute approximate surface area is 134 Å². The van der Waals surface area contributed by atoms with Crippen LogP contribution < -0.4 is 5.32 Å². The summed E-state index contributed by atoms with van der Waals surface area (Å²) in [6, 6.07) is 3.44. The highest BCUT2D eigenvalue weighted by Crippen LogP contribution is 2.28. The second-order valence-corrected chi connectivity index (χ2v) is 5.56. The maximum atomic E-state index is 12.4. The molecule has 0 bridgehead atoms. The summed E-state index contributed by atoms with van der Waals surface area (Å²) in [6.07, 6.45) is 6.82. The van der Waals surface area contributed by atoms with E-state index in [0.29, 0.717) is 17.9 Å². The Morgan fingerprint density at radius 1 is 1.65 bits per heavy atom. The summed E-state index contributed by atoms with van der Waals surface area (Å²) in [6.45, 7) is 3.49. The first kappa shape index (κ1) is 15.3. The maximum absolute atomic E-state index is 12.4. The fraction of sp³-hybridized carbons (Fsp3) is 0.438. The Morgan fingerprint density at radius 2 is 2.52 bits per heavy atom. The van der Waals surface area contributed by atoms with Gasteiger partial charge in [-0.3, -0.25) is 9.48 Å². The van der Waals surface area contributed by atoms with Crippen LogP contribution in [0.1, 0.15) is 47.5 Å². The molecule has 3 rings (SSSR count). The molecule has 0 aliphatic carbocycles. The molecule has 7 heteroatoms. The van der Waals surface area contributed by atoms with Gasteiger partial charge in [0.05, 0.1) is 17.8 Å². The second-order valence-electron chi connectivity index (χ2n) is 5.56. The number of aromatic amines is 1. The molecule has 0 spiro atoms. The molecule has 1 saturated heterocycles. The molecule has 23 heavy (non-hydrogen) atoms. The second kappa shape index (κ2) is 6.67. The van der Waals surface area contributed by atoms with E-state index >= 15 is 0 Å². The van der Waals surface area contributed by atoms with E-state index in [1.807, 2.05) is 23.9 Å². The standard InChI is InChI=1S/C16H19N5O2/c1-2-21-10-12(9-19-21)15-13(4-3-5-23-15)20-16(22)14-6-11(7-17)8-18-14/h6,8-10,13,15,18H,2-5H2,1H3,(H,20,22)/t13-,15+/m0/s1. The van der Waals surface area contributed by atoms with Gasteiger partial charge in [0.1, 0.15) is 17.9 Å². The lowest BCUT2D eigenvalue weighted by Crippen LogP contribution is -2.42. The third-order valence-corrected chi connectivity index (χ3v) is 4.00. The zero-order chi connectivity index (χ0) is 16.2. The van der Waals surface area contributed by atoms with Gasteiger partial charge >= 0.3 is 0 Å². The van der Waals surface area contributed by atoms with Crippen LogP contribution in [0.5, 0.6) is 0 Å². The maximum Gasteiger partial charge on any atom is 0.268 e. The summed E-state index contributed by atoms with van der Waals surface area (Å²) < 4.78 is 7.71. The van der Waals surface area contributed by atoms with E-state index in [4.69, 9.17) is 10.00 Å². The summed E-state index contributed by atoms with van der Waals surface area (Å²) in [5.41, 5.74) is 1.80. The predicted octanol–water partition coefficient (Wildman–Crippen LogP) is 1.75. The number of carbonyl (C=O) groups is 1. The van der Waals surface area contributed by atoms with Gasteiger partial charge in [0.15, 0.2) is 0 Å². The largest absolute Gasteiger partial charge is 0.371 e. The molecule has 0 saturated carbocycles. The van der Waals surface area contributed by atoms with Crippen molar-refractivity contribution in [2.45, 2.75) is 38.5 Å². The molecule has 3 heterocycles. The van der Waals surface area contributed by atoms with Crippen LogP contribution in [0.3, 0.4) is 0 Å². The number of hydrogen-bond acceptors (Lipinski definition) is 4. The van der Waals surface area contributed by atoms with Gasteiger partial charge in [-0.1, -0.05) is 0 Å². The van der Waals surface area contributed by atoms with Gasteiger partial charge in [0, 0.05) is 31.1 Å². The summed E-state index contributed by atoms with van der Waals surface area (Å²) >= 11 is 0. The van der Waals surface area contributed by atoms with Crippen LogP contribution in [0.2, 0.25) is 0 Å². The van der Waals surface area contributed by atoms with Crippen LogP contribution in [0, 0.1) is 11.3 Å². The van der Waals surface area contributed by atoms with Gasteiger partial charge in [0.25, 0.3) is 5.91 Å². The Morgan fingerprint density at radius 3 is 3.22 bits per heavy atom. The van der Waals surface area contributed by atoms with Crippen molar-refractivity contribution in [3.8, 4) is 6.07 Å². The molecule has 2 atom stereocenters. The zero-order valence-electron chi connectivity index (χ0n) is 13.0. The van der Waals surface area contributed by atoms with Crippen molar-refractivity contribution >= 4 is 5.91 Å². The van der Waals surface area contributed by atoms with Gasteiger partial charge in [-0.05, 0) is 25.8 Å². The quantitative estimate of drug-likeness (QED) is 0.899. The lowest BCUT2D eigenvalue weighted by Gasteiger charge is -2.31. The molecule has 1 aliphatic heterocycles. The van der Waals surface area contributed by atoms with Crippen LogP contribution in [0.25, 0.3) is 0 Å². The van der Waals surface area contributed by atoms with Gasteiger partial charge < -0.3 is 15.0 Å². The van der Waals surface area contributed by atoms with E-state index in [0.717, 1.165) is 24.9 Å². The summed E-state index contributed by atoms with van der Waals surface area (Å²) in [5, 5.41) is 16.1. The highest BCUT2D eigenvalue weighted by molar-refractivity contribution is 5.93. The van der Waals surface area contributed by atoms with Crippen molar-refractivity contribution in [3.63, 3.8) is 0 Å². The van der Waals surface area contributed by atoms with E-state index in [1.165, 1.54) is 6.20 Å². The molecule has 0 radical (unpaired) electrons. The first-order valence-corrected chi connectivity index (χ1v) is 7.74. The Balaban J connectivity index is 1.73. The number of aryl methyl sites for hydroxylation is 1. The van der Waals surface area contributed by atoms with Gasteiger partial charge in [-0.15, -0.1) is 0 Å². The molecule has 7 nitrogen and oxygen atoms in total. The lowest BCUT2D eigenvalue weighted by molar-refractivity contribution is -0.00955. The number of nitriles is 1. The van der Waals surface area contributed by atoms with Crippen molar-refractivity contribution in [3.05, 3.63) is 41.5 Å². The van der Waals surface area contributed by atoms with E-state index in [-0.39, 0.29) is 18.1 Å².